The van der Waals surface area contributed by atoms with Crippen LogP contribution in [0.4, 0.5) is 0 Å². The van der Waals surface area contributed by atoms with E-state index in [-0.39, 0.29) is 29.5 Å². The van der Waals surface area contributed by atoms with E-state index in [1.807, 2.05) is 24.3 Å². The standard InChI is InChI=1S/C25H23N5O4/c31-7-8-34-17-5-6-21-20(13-26-30(21)14-17)23(32)27-16-11-25(12-16)9-15(10-25)22-18-3-1-2-4-19(18)24(33)29-28-22/h1-7,13-16H,8-12H2,(H,27,32)(H,29,33)/t15-,16-,25?. The number of ether oxygens (including phenoxy) is 1. The van der Waals surface area contributed by atoms with Crippen LogP contribution in [-0.2, 0) is 4.79 Å². The number of nitrogens with zero attached hydrogens (tertiary/aromatic N) is 3. The lowest BCUT2D eigenvalue weighted by molar-refractivity contribution is -0.109. The van der Waals surface area contributed by atoms with Crippen molar-refractivity contribution in [2.24, 2.45) is 5.41 Å². The number of amides is 1. The van der Waals surface area contributed by atoms with Crippen LogP contribution in [0.5, 0.6) is 5.75 Å². The summed E-state index contributed by atoms with van der Waals surface area (Å²) in [6, 6.07) is 11.2. The Morgan fingerprint density at radius 3 is 2.76 bits per heavy atom. The molecule has 2 aliphatic carbocycles. The van der Waals surface area contributed by atoms with Crippen LogP contribution in [-0.4, -0.2) is 44.7 Å². The number of hydrogen-bond donors (Lipinski definition) is 2. The monoisotopic (exact) mass is 457 g/mol. The fourth-order valence-corrected chi connectivity index (χ4v) is 5.67. The molecule has 2 aliphatic rings. The van der Waals surface area contributed by atoms with Gasteiger partial charge in [-0.1, -0.05) is 18.2 Å². The quantitative estimate of drug-likeness (QED) is 0.430. The van der Waals surface area contributed by atoms with Gasteiger partial charge in [0, 0.05) is 17.3 Å². The minimum Gasteiger partial charge on any atom is -0.485 e. The molecule has 0 unspecified atom stereocenters. The van der Waals surface area contributed by atoms with Gasteiger partial charge in [-0.25, -0.2) is 9.61 Å². The van der Waals surface area contributed by atoms with E-state index in [0.29, 0.717) is 34.4 Å². The van der Waals surface area contributed by atoms with Crippen LogP contribution >= 0.6 is 0 Å². The number of hydrogen-bond acceptors (Lipinski definition) is 6. The smallest absolute Gasteiger partial charge is 0.272 e. The molecule has 0 bridgehead atoms. The Balaban J connectivity index is 1.09. The number of H-pyrrole nitrogens is 1. The lowest BCUT2D eigenvalue weighted by Gasteiger charge is -2.57. The Kier molecular flexibility index (Phi) is 4.72. The van der Waals surface area contributed by atoms with Crippen LogP contribution < -0.4 is 15.6 Å². The molecule has 2 N–H and O–H groups in total. The molecule has 1 aromatic carbocycles. The van der Waals surface area contributed by atoms with E-state index in [9.17, 15) is 14.4 Å². The minimum absolute atomic E-state index is 0.0289. The molecule has 1 spiro atoms. The highest BCUT2D eigenvalue weighted by molar-refractivity contribution is 6.00. The van der Waals surface area contributed by atoms with Crippen LogP contribution in [0.3, 0.4) is 0 Å². The van der Waals surface area contributed by atoms with Crippen molar-refractivity contribution in [3.05, 3.63) is 70.4 Å². The third-order valence-corrected chi connectivity index (χ3v) is 7.22. The number of carbonyl (C=O) groups excluding carboxylic acids is 2. The van der Waals surface area contributed by atoms with Gasteiger partial charge in [0.2, 0.25) is 0 Å². The number of benzene rings is 1. The predicted octanol–water partition coefficient (Wildman–Crippen LogP) is 2.60. The Labute approximate surface area is 194 Å². The molecular formula is C25H23N5O4. The molecule has 1 amide bonds. The van der Waals surface area contributed by atoms with Crippen molar-refractivity contribution < 1.29 is 14.3 Å². The maximum Gasteiger partial charge on any atom is 0.272 e. The number of aromatic nitrogens is 4. The lowest BCUT2D eigenvalue weighted by Crippen LogP contribution is -2.55. The second-order valence-corrected chi connectivity index (χ2v) is 9.40. The molecule has 0 saturated heterocycles. The normalized spacial score (nSPS) is 23.4. The van der Waals surface area contributed by atoms with Gasteiger partial charge < -0.3 is 10.1 Å². The van der Waals surface area contributed by atoms with E-state index in [4.69, 9.17) is 4.74 Å². The summed E-state index contributed by atoms with van der Waals surface area (Å²) in [5, 5.41) is 16.0. The third kappa shape index (κ3) is 3.35. The van der Waals surface area contributed by atoms with Crippen LogP contribution in [0.15, 0.2) is 53.6 Å². The fourth-order valence-electron chi connectivity index (χ4n) is 5.67. The van der Waals surface area contributed by atoms with Gasteiger partial charge in [-0.3, -0.25) is 14.4 Å². The summed E-state index contributed by atoms with van der Waals surface area (Å²) in [5.74, 6) is 0.703. The predicted molar refractivity (Wildman–Crippen MR) is 124 cm³/mol. The first-order valence-corrected chi connectivity index (χ1v) is 11.4. The number of nitrogens with one attached hydrogen (secondary N) is 2. The van der Waals surface area contributed by atoms with Gasteiger partial charge in [0.15, 0.2) is 6.29 Å². The van der Waals surface area contributed by atoms with Gasteiger partial charge in [-0.2, -0.15) is 10.2 Å². The molecule has 3 aromatic heterocycles. The van der Waals surface area contributed by atoms with E-state index < -0.39 is 0 Å². The van der Waals surface area contributed by atoms with Gasteiger partial charge in [-0.15, -0.1) is 0 Å². The Morgan fingerprint density at radius 1 is 1.18 bits per heavy atom. The van der Waals surface area contributed by atoms with Crippen LogP contribution in [0.1, 0.15) is 47.7 Å². The zero-order chi connectivity index (χ0) is 23.3. The maximum atomic E-state index is 12.9. The minimum atomic E-state index is -0.155. The van der Waals surface area contributed by atoms with Crippen LogP contribution in [0.25, 0.3) is 16.3 Å². The number of fused-ring (bicyclic) bond motifs is 2. The molecule has 4 aromatic rings. The summed E-state index contributed by atoms with van der Waals surface area (Å²) in [6.45, 7) is -0.0289. The molecule has 0 radical (unpaired) electrons. The van der Waals surface area contributed by atoms with E-state index in [2.05, 4.69) is 20.6 Å². The average molecular weight is 457 g/mol. The van der Waals surface area contributed by atoms with Crippen molar-refractivity contribution in [2.75, 3.05) is 6.61 Å². The summed E-state index contributed by atoms with van der Waals surface area (Å²) >= 11 is 0. The number of pyridine rings is 1. The van der Waals surface area contributed by atoms with E-state index in [1.165, 1.54) is 0 Å². The molecule has 3 heterocycles. The highest BCUT2D eigenvalue weighted by Gasteiger charge is 2.54. The molecule has 0 atom stereocenters. The summed E-state index contributed by atoms with van der Waals surface area (Å²) in [4.78, 5) is 35.4. The first-order valence-electron chi connectivity index (χ1n) is 11.4. The number of carbonyl (C=O) groups is 2. The van der Waals surface area contributed by atoms with Crippen LogP contribution in [0.2, 0.25) is 0 Å². The number of aromatic amines is 1. The molecule has 2 fully saturated rings. The maximum absolute atomic E-state index is 12.9. The fraction of sp³-hybridized carbons (Fsp3) is 0.320. The molecule has 9 nitrogen and oxygen atoms in total. The zero-order valence-electron chi connectivity index (χ0n) is 18.4. The van der Waals surface area contributed by atoms with E-state index in [1.54, 1.807) is 29.0 Å². The molecule has 9 heteroatoms. The van der Waals surface area contributed by atoms with E-state index >= 15 is 0 Å². The SMILES string of the molecule is O=CCOc1ccc2c(C(=O)N[C@H]3CC4(C3)C[C@H](c3n[nH]c(=O)c5ccccc53)C4)cnn2c1. The Morgan fingerprint density at radius 2 is 1.97 bits per heavy atom. The molecule has 2 saturated carbocycles. The molecule has 0 aliphatic heterocycles. The first kappa shape index (κ1) is 20.6. The van der Waals surface area contributed by atoms with Crippen molar-refractivity contribution in [2.45, 2.75) is 37.6 Å². The van der Waals surface area contributed by atoms with Gasteiger partial charge in [0.05, 0.1) is 34.6 Å². The topological polar surface area (TPSA) is 118 Å². The van der Waals surface area contributed by atoms with Crippen molar-refractivity contribution in [1.82, 2.24) is 25.1 Å². The summed E-state index contributed by atoms with van der Waals surface area (Å²) in [6.07, 6.45) is 7.80. The third-order valence-electron chi connectivity index (χ3n) is 7.22. The van der Waals surface area contributed by atoms with Crippen molar-refractivity contribution in [3.8, 4) is 5.75 Å². The van der Waals surface area contributed by atoms with Gasteiger partial charge >= 0.3 is 0 Å². The molecule has 34 heavy (non-hydrogen) atoms. The Hall–Kier alpha value is -4.01. The van der Waals surface area contributed by atoms with Gasteiger partial charge in [0.25, 0.3) is 11.5 Å². The highest BCUT2D eigenvalue weighted by atomic mass is 16.5. The summed E-state index contributed by atoms with van der Waals surface area (Å²) in [7, 11) is 0. The first-order chi connectivity index (χ1) is 16.5. The highest BCUT2D eigenvalue weighted by Crippen LogP contribution is 2.62. The van der Waals surface area contributed by atoms with Crippen molar-refractivity contribution >= 4 is 28.5 Å². The Bertz CT molecular complexity index is 1480. The molecule has 172 valence electrons. The largest absolute Gasteiger partial charge is 0.485 e. The van der Waals surface area contributed by atoms with Crippen molar-refractivity contribution in [1.29, 1.82) is 0 Å². The van der Waals surface area contributed by atoms with Gasteiger partial charge in [-0.05, 0) is 49.3 Å². The second kappa shape index (κ2) is 7.79. The summed E-state index contributed by atoms with van der Waals surface area (Å²) < 4.78 is 6.86. The van der Waals surface area contributed by atoms with Crippen LogP contribution in [0, 0.1) is 5.41 Å². The number of rotatable bonds is 6. The summed E-state index contributed by atoms with van der Waals surface area (Å²) in [5.41, 5.74) is 2.25. The average Bonchev–Trinajstić information content (AvgIpc) is 3.23. The second-order valence-electron chi connectivity index (χ2n) is 9.40. The molecular weight excluding hydrogens is 434 g/mol. The zero-order valence-corrected chi connectivity index (χ0v) is 18.4. The van der Waals surface area contributed by atoms with Crippen molar-refractivity contribution in [3.63, 3.8) is 0 Å². The van der Waals surface area contributed by atoms with E-state index in [0.717, 1.165) is 36.8 Å². The number of aldehydes is 1. The molecule has 6 rings (SSSR count). The van der Waals surface area contributed by atoms with Gasteiger partial charge in [0.1, 0.15) is 12.4 Å². The lowest BCUT2D eigenvalue weighted by atomic mass is 9.49.